The molecule has 2 aliphatic heterocycles. The van der Waals surface area contributed by atoms with Crippen molar-refractivity contribution < 1.29 is 89.8 Å². The minimum atomic E-state index is -4.69. The first kappa shape index (κ1) is 75.3. The SMILES string of the molecule is COCCOCCOCCN1C(=CC=CC=CC=CC2=[N+](CCCCCC(=O)NCCNC(=O)c3ccc(C(=O)OC)c(P(c4ccccc4)c4ccccc4)c3)c3ccc(S(=O)(=O)O)cc3C2(C)CCCS(=O)(=O)O)C(C)(CCCS(=O)(=O)O)c2cc(S(=O)(=O)O)ccc21. The molecule has 5 aromatic rings. The minimum Gasteiger partial charge on any atom is -0.465 e. The zero-order chi connectivity index (χ0) is 69.0. The molecule has 0 aromatic heterocycles. The second-order valence-corrected chi connectivity index (χ2v) is 31.2. The number of fused-ring (bicyclic) bond motifs is 2. The Morgan fingerprint density at radius 3 is 1.78 bits per heavy atom. The van der Waals surface area contributed by atoms with E-state index >= 15 is 0 Å². The van der Waals surface area contributed by atoms with Crippen molar-refractivity contribution in [1.29, 1.82) is 0 Å². The number of hydrogen-bond donors (Lipinski definition) is 6. The third-order valence-corrected chi connectivity index (χ3v) is 22.1. The molecular formula is C67H82N4O19PS4+. The second kappa shape index (κ2) is 34.2. The molecule has 2 unspecified atom stereocenters. The van der Waals surface area contributed by atoms with Crippen LogP contribution in [0, 0.1) is 0 Å². The summed E-state index contributed by atoms with van der Waals surface area (Å²) in [5.74, 6) is -2.32. The zero-order valence-corrected chi connectivity index (χ0v) is 57.5. The quantitative estimate of drug-likeness (QED) is 0.00558. The van der Waals surface area contributed by atoms with Gasteiger partial charge in [0, 0.05) is 85.0 Å². The summed E-state index contributed by atoms with van der Waals surface area (Å²) < 4.78 is 161. The van der Waals surface area contributed by atoms with Crippen molar-refractivity contribution in [2.24, 2.45) is 0 Å². The smallest absolute Gasteiger partial charge is 0.338 e. The largest absolute Gasteiger partial charge is 0.465 e. The molecule has 0 saturated carbocycles. The van der Waals surface area contributed by atoms with Gasteiger partial charge in [-0.25, -0.2) is 4.79 Å². The number of nitrogens with zero attached hydrogens (tertiary/aromatic N) is 2. The number of carbonyl (C=O) groups excluding carboxylic acids is 3. The van der Waals surface area contributed by atoms with Gasteiger partial charge in [-0.1, -0.05) is 91.0 Å². The number of benzene rings is 5. The standard InChI is InChI=1S/C67H81N4O19PS4/c1-66(34-19-45-92(75,76)77)56-48-53(94(81,82)83)29-32-58(56)70(38-18-10-17-27-63(72)68-36-37-69-64(73)50-28-31-55(65(74)88-4)60(47-50)91(51-21-11-8-12-22-51)52-23-13-9-14-24-52)61(66)25-15-6-5-7-16-26-62-67(2,35-20-46-93(78,79)80)57-49-54(95(84,85)86)30-33-59(57)71(62)39-40-89-43-44-90-42-41-87-3/h5-9,11-16,21-26,28-33,47-49H,10,17-20,27,34-46H2,1-4H3,(H5-,68,69,72,73,75,76,77,78,79,80,81,82,83,84,85,86)/p+1. The van der Waals surface area contributed by atoms with Gasteiger partial charge in [-0.3, -0.25) is 27.8 Å². The number of allylic oxidation sites excluding steroid dienone is 8. The molecule has 6 N–H and O–H groups in total. The maximum absolute atomic E-state index is 13.6. The normalized spacial score (nSPS) is 17.2. The summed E-state index contributed by atoms with van der Waals surface area (Å²) in [4.78, 5) is 41.0. The van der Waals surface area contributed by atoms with Crippen LogP contribution >= 0.6 is 7.92 Å². The summed E-state index contributed by atoms with van der Waals surface area (Å²) in [5.41, 5.74) is 1.98. The van der Waals surface area contributed by atoms with Gasteiger partial charge in [0.1, 0.15) is 6.54 Å². The van der Waals surface area contributed by atoms with Crippen molar-refractivity contribution in [2.45, 2.75) is 85.8 Å². The summed E-state index contributed by atoms with van der Waals surface area (Å²) in [6, 6.07) is 32.7. The van der Waals surface area contributed by atoms with Crippen LogP contribution in [0.4, 0.5) is 11.4 Å². The van der Waals surface area contributed by atoms with Crippen LogP contribution in [0.3, 0.4) is 0 Å². The summed E-state index contributed by atoms with van der Waals surface area (Å²) in [7, 11) is -16.5. The highest BCUT2D eigenvalue weighted by atomic mass is 32.2. The molecule has 0 radical (unpaired) electrons. The lowest BCUT2D eigenvalue weighted by atomic mass is 9.76. The van der Waals surface area contributed by atoms with Gasteiger partial charge in [-0.2, -0.15) is 38.2 Å². The van der Waals surface area contributed by atoms with E-state index in [2.05, 4.69) is 10.6 Å². The Morgan fingerprint density at radius 1 is 0.600 bits per heavy atom. The van der Waals surface area contributed by atoms with E-state index in [4.69, 9.17) is 18.9 Å². The van der Waals surface area contributed by atoms with Crippen molar-refractivity contribution in [3.05, 3.63) is 186 Å². The van der Waals surface area contributed by atoms with E-state index in [1.54, 1.807) is 80.0 Å². The van der Waals surface area contributed by atoms with Crippen LogP contribution in [0.25, 0.3) is 0 Å². The van der Waals surface area contributed by atoms with E-state index in [1.165, 1.54) is 31.4 Å². The molecule has 28 heteroatoms. The summed E-state index contributed by atoms with van der Waals surface area (Å²) in [6.45, 7) is 6.05. The van der Waals surface area contributed by atoms with Crippen molar-refractivity contribution in [3.8, 4) is 0 Å². The maximum atomic E-state index is 13.6. The first-order valence-corrected chi connectivity index (χ1v) is 38.1. The summed E-state index contributed by atoms with van der Waals surface area (Å²) in [5, 5.41) is 8.32. The molecule has 2 heterocycles. The fourth-order valence-corrected chi connectivity index (χ4v) is 16.2. The van der Waals surface area contributed by atoms with Crippen LogP contribution in [0.1, 0.15) is 97.1 Å². The van der Waals surface area contributed by atoms with E-state index in [9.17, 15) is 66.3 Å². The number of carbonyl (C=O) groups is 3. The van der Waals surface area contributed by atoms with E-state index in [0.29, 0.717) is 96.0 Å². The molecule has 2 aliphatic rings. The van der Waals surface area contributed by atoms with Crippen LogP contribution in [-0.4, -0.2) is 165 Å². The van der Waals surface area contributed by atoms with Crippen LogP contribution < -0.4 is 31.4 Å². The van der Waals surface area contributed by atoms with Crippen molar-refractivity contribution >= 4 is 99.2 Å². The zero-order valence-electron chi connectivity index (χ0n) is 53.3. The van der Waals surface area contributed by atoms with Crippen molar-refractivity contribution in [3.63, 3.8) is 0 Å². The molecule has 7 rings (SSSR count). The molecule has 0 aliphatic carbocycles. The van der Waals surface area contributed by atoms with Gasteiger partial charge >= 0.3 is 5.97 Å². The highest BCUT2D eigenvalue weighted by Crippen LogP contribution is 2.51. The number of esters is 1. The van der Waals surface area contributed by atoms with Crippen molar-refractivity contribution in [1.82, 2.24) is 10.6 Å². The molecule has 0 fully saturated rings. The summed E-state index contributed by atoms with van der Waals surface area (Å²) in [6.07, 6.45) is 14.2. The number of hydrogen-bond acceptors (Lipinski definition) is 16. The molecule has 5 aromatic carbocycles. The van der Waals surface area contributed by atoms with Crippen LogP contribution in [0.15, 0.2) is 173 Å². The molecule has 0 spiro atoms. The third kappa shape index (κ3) is 20.9. The predicted molar refractivity (Wildman–Crippen MR) is 365 cm³/mol. The fraction of sp³-hybridized carbons (Fsp3) is 0.373. The Morgan fingerprint density at radius 2 is 1.17 bits per heavy atom. The Balaban J connectivity index is 1.06. The Bertz CT molecular complexity index is 4130. The van der Waals surface area contributed by atoms with Gasteiger partial charge in [-0.15, -0.1) is 0 Å². The minimum absolute atomic E-state index is 0.0117. The number of nitrogens with one attached hydrogen (secondary N) is 2. The molecule has 2 atom stereocenters. The van der Waals surface area contributed by atoms with Gasteiger partial charge < -0.3 is 34.5 Å². The van der Waals surface area contributed by atoms with E-state index < -0.39 is 82.6 Å². The fourth-order valence-electron chi connectivity index (χ4n) is 11.7. The Kier molecular flexibility index (Phi) is 27.1. The number of rotatable bonds is 37. The number of anilines is 1. The monoisotopic (exact) mass is 1410 g/mol. The van der Waals surface area contributed by atoms with Crippen LogP contribution in [0.5, 0.6) is 0 Å². The lowest BCUT2D eigenvalue weighted by Crippen LogP contribution is -2.35. The number of amides is 2. The van der Waals surface area contributed by atoms with Crippen LogP contribution in [-0.2, 0) is 75.0 Å². The maximum Gasteiger partial charge on any atom is 0.338 e. The molecule has 95 heavy (non-hydrogen) atoms. The topological polar surface area (TPSA) is 336 Å². The Hall–Kier alpha value is -7.11. The van der Waals surface area contributed by atoms with Gasteiger partial charge in [0.15, 0.2) is 5.71 Å². The molecule has 0 bridgehead atoms. The highest BCUT2D eigenvalue weighted by molar-refractivity contribution is 7.86. The van der Waals surface area contributed by atoms with Gasteiger partial charge in [-0.05, 0) is 131 Å². The Labute approximate surface area is 557 Å². The molecule has 0 saturated heterocycles. The first-order chi connectivity index (χ1) is 45.1. The summed E-state index contributed by atoms with van der Waals surface area (Å²) >= 11 is 0. The first-order valence-electron chi connectivity index (χ1n) is 30.7. The predicted octanol–water partition coefficient (Wildman–Crippen LogP) is 7.53. The third-order valence-electron chi connectivity index (χ3n) is 16.3. The molecular weight excluding hydrogens is 1320 g/mol. The molecule has 23 nitrogen and oxygen atoms in total. The van der Waals surface area contributed by atoms with E-state index in [1.807, 2.05) is 84.0 Å². The molecule has 2 amide bonds. The number of unbranched alkanes of at least 4 members (excludes halogenated alkanes) is 2. The van der Waals surface area contributed by atoms with E-state index in [0.717, 1.165) is 10.6 Å². The van der Waals surface area contributed by atoms with E-state index in [-0.39, 0.29) is 80.7 Å². The van der Waals surface area contributed by atoms with Crippen molar-refractivity contribution in [2.75, 3.05) is 89.8 Å². The average Bonchev–Trinajstić information content (AvgIpc) is 1.60. The number of methoxy groups -OCH3 is 2. The van der Waals surface area contributed by atoms with Gasteiger partial charge in [0.25, 0.3) is 46.4 Å². The lowest BCUT2D eigenvalue weighted by molar-refractivity contribution is -0.438. The van der Waals surface area contributed by atoms with Crippen LogP contribution in [0.2, 0.25) is 0 Å². The average molecular weight is 1410 g/mol. The van der Waals surface area contributed by atoms with Gasteiger partial charge in [0.2, 0.25) is 11.6 Å². The second-order valence-electron chi connectivity index (χ2n) is 23.0. The molecule has 512 valence electrons. The lowest BCUT2D eigenvalue weighted by Gasteiger charge is -2.30. The number of ether oxygens (including phenoxy) is 4. The highest BCUT2D eigenvalue weighted by Gasteiger charge is 2.48. The van der Waals surface area contributed by atoms with Gasteiger partial charge in [0.05, 0.1) is 72.4 Å².